The highest BCUT2D eigenvalue weighted by atomic mass is 32.2. The number of hydrogen-bond acceptors (Lipinski definition) is 6. The highest BCUT2D eigenvalue weighted by molar-refractivity contribution is 7.89. The van der Waals surface area contributed by atoms with Crippen molar-refractivity contribution in [3.63, 3.8) is 0 Å². The van der Waals surface area contributed by atoms with Gasteiger partial charge in [0.05, 0.1) is 7.11 Å². The van der Waals surface area contributed by atoms with E-state index in [2.05, 4.69) is 14.8 Å². The van der Waals surface area contributed by atoms with Crippen LogP contribution < -0.4 is 10.0 Å². The molecule has 1 aliphatic rings. The number of hydrogen-bond donors (Lipinski definition) is 2. The van der Waals surface area contributed by atoms with Crippen LogP contribution >= 0.6 is 0 Å². The lowest BCUT2D eigenvalue weighted by Crippen LogP contribution is -2.30. The van der Waals surface area contributed by atoms with Gasteiger partial charge in [-0.2, -0.15) is 0 Å². The number of sulfonamides is 1. The molecule has 0 radical (unpaired) electrons. The molecule has 0 aromatic carbocycles. The lowest BCUT2D eigenvalue weighted by molar-refractivity contribution is 0.0563. The van der Waals surface area contributed by atoms with Gasteiger partial charge in [-0.3, -0.25) is 0 Å². The van der Waals surface area contributed by atoms with Crippen LogP contribution in [0, 0.1) is 0 Å². The first-order valence-electron chi connectivity index (χ1n) is 7.07. The Morgan fingerprint density at radius 1 is 1.50 bits per heavy atom. The second kappa shape index (κ2) is 7.08. The summed E-state index contributed by atoms with van der Waals surface area (Å²) in [6, 6.07) is 1.21. The molecule has 1 aliphatic heterocycles. The summed E-state index contributed by atoms with van der Waals surface area (Å²) in [4.78, 5) is 11.5. The third-order valence-corrected chi connectivity index (χ3v) is 4.86. The Bertz CT molecular complexity index is 675. The van der Waals surface area contributed by atoms with Crippen LogP contribution in [0.5, 0.6) is 0 Å². The van der Waals surface area contributed by atoms with Crippen molar-refractivity contribution in [1.82, 2.24) is 10.0 Å². The van der Waals surface area contributed by atoms with Gasteiger partial charge in [0.25, 0.3) is 0 Å². The van der Waals surface area contributed by atoms with Gasteiger partial charge in [-0.05, 0) is 13.0 Å². The number of nitrogens with one attached hydrogen (secondary N) is 2. The third kappa shape index (κ3) is 3.76. The van der Waals surface area contributed by atoms with Gasteiger partial charge in [0.2, 0.25) is 15.8 Å². The second-order valence-corrected chi connectivity index (χ2v) is 6.62. The Balaban J connectivity index is 2.19. The van der Waals surface area contributed by atoms with Crippen LogP contribution in [0.2, 0.25) is 0 Å². The number of methoxy groups -OCH3 is 1. The van der Waals surface area contributed by atoms with E-state index in [1.807, 2.05) is 6.08 Å². The lowest BCUT2D eigenvalue weighted by Gasteiger charge is -2.14. The fourth-order valence-electron chi connectivity index (χ4n) is 2.18. The van der Waals surface area contributed by atoms with E-state index in [1.165, 1.54) is 13.2 Å². The molecule has 0 saturated heterocycles. The summed E-state index contributed by atoms with van der Waals surface area (Å²) >= 11 is 0. The zero-order chi connectivity index (χ0) is 16.2. The molecule has 0 atom stereocenters. The lowest BCUT2D eigenvalue weighted by atomic mass is 10.1. The van der Waals surface area contributed by atoms with Crippen LogP contribution in [0.15, 0.2) is 27.0 Å². The van der Waals surface area contributed by atoms with Crippen molar-refractivity contribution in [2.24, 2.45) is 0 Å². The average molecular weight is 328 g/mol. The Morgan fingerprint density at radius 3 is 2.86 bits per heavy atom. The smallest absolute Gasteiger partial charge is 0.373 e. The van der Waals surface area contributed by atoms with E-state index in [4.69, 9.17) is 4.42 Å². The van der Waals surface area contributed by atoms with E-state index in [-0.39, 0.29) is 23.0 Å². The van der Waals surface area contributed by atoms with Crippen LogP contribution in [0.4, 0.5) is 0 Å². The van der Waals surface area contributed by atoms with Gasteiger partial charge >= 0.3 is 5.97 Å². The minimum Gasteiger partial charge on any atom is -0.463 e. The third-order valence-electron chi connectivity index (χ3n) is 3.41. The highest BCUT2D eigenvalue weighted by Gasteiger charge is 2.25. The Morgan fingerprint density at radius 2 is 2.27 bits per heavy atom. The highest BCUT2D eigenvalue weighted by Crippen LogP contribution is 2.22. The van der Waals surface area contributed by atoms with Crippen molar-refractivity contribution in [3.8, 4) is 0 Å². The molecule has 2 rings (SSSR count). The number of carbonyl (C=O) groups is 1. The first kappa shape index (κ1) is 16.7. The molecular weight excluding hydrogens is 308 g/mol. The summed E-state index contributed by atoms with van der Waals surface area (Å²) in [5.74, 6) is -0.565. The normalized spacial score (nSPS) is 15.5. The topological polar surface area (TPSA) is 97.6 Å². The average Bonchev–Trinajstić information content (AvgIpc) is 2.98. The summed E-state index contributed by atoms with van der Waals surface area (Å²) in [6.07, 6.45) is 3.14. The summed E-state index contributed by atoms with van der Waals surface area (Å²) in [6.45, 7) is 3.60. The summed E-state index contributed by atoms with van der Waals surface area (Å²) < 4.78 is 37.2. The maximum absolute atomic E-state index is 12.4. The van der Waals surface area contributed by atoms with Crippen molar-refractivity contribution in [1.29, 1.82) is 0 Å². The zero-order valence-electron chi connectivity index (χ0n) is 12.6. The van der Waals surface area contributed by atoms with Gasteiger partial charge in [-0.1, -0.05) is 18.6 Å². The Labute approximate surface area is 129 Å². The molecule has 0 unspecified atom stereocenters. The van der Waals surface area contributed by atoms with Gasteiger partial charge in [0.1, 0.15) is 10.7 Å². The summed E-state index contributed by atoms with van der Waals surface area (Å²) in [7, 11) is -2.52. The van der Waals surface area contributed by atoms with E-state index in [9.17, 15) is 13.2 Å². The zero-order valence-corrected chi connectivity index (χ0v) is 13.5. The van der Waals surface area contributed by atoms with Gasteiger partial charge < -0.3 is 14.5 Å². The Kier molecular flexibility index (Phi) is 5.38. The standard InChI is InChI=1S/C14H20N2O5S/c1-3-11-13(8-12(21-11)14(17)20-2)22(18,19)16-9-10-4-6-15-7-5-10/h4,8,15-16H,3,5-7,9H2,1-2H3. The number of ether oxygens (including phenoxy) is 1. The molecule has 22 heavy (non-hydrogen) atoms. The minimum atomic E-state index is -3.74. The molecule has 122 valence electrons. The van der Waals surface area contributed by atoms with E-state index in [1.54, 1.807) is 6.92 Å². The molecule has 0 amide bonds. The summed E-state index contributed by atoms with van der Waals surface area (Å²) in [5, 5.41) is 3.16. The van der Waals surface area contributed by atoms with E-state index >= 15 is 0 Å². The second-order valence-electron chi connectivity index (χ2n) is 4.88. The molecule has 0 saturated carbocycles. The van der Waals surface area contributed by atoms with Crippen LogP contribution in [0.1, 0.15) is 29.7 Å². The molecule has 1 aromatic rings. The quantitative estimate of drug-likeness (QED) is 0.593. The first-order chi connectivity index (χ1) is 10.5. The summed E-state index contributed by atoms with van der Waals surface area (Å²) in [5.41, 5.74) is 1.04. The van der Waals surface area contributed by atoms with Crippen LogP contribution in [0.25, 0.3) is 0 Å². The number of esters is 1. The van der Waals surface area contributed by atoms with Crippen molar-refractivity contribution in [2.75, 3.05) is 26.7 Å². The van der Waals surface area contributed by atoms with E-state index in [0.717, 1.165) is 25.1 Å². The Hall–Kier alpha value is -1.64. The molecule has 0 aliphatic carbocycles. The van der Waals surface area contributed by atoms with Gasteiger partial charge in [0.15, 0.2) is 0 Å². The van der Waals surface area contributed by atoms with Crippen molar-refractivity contribution < 1.29 is 22.4 Å². The van der Waals surface area contributed by atoms with Crippen LogP contribution in [0.3, 0.4) is 0 Å². The van der Waals surface area contributed by atoms with Crippen LogP contribution in [-0.2, 0) is 21.2 Å². The first-order valence-corrected chi connectivity index (χ1v) is 8.55. The van der Waals surface area contributed by atoms with Crippen LogP contribution in [-0.4, -0.2) is 41.1 Å². The number of furan rings is 1. The molecule has 0 fully saturated rings. The van der Waals surface area contributed by atoms with Crippen molar-refractivity contribution in [3.05, 3.63) is 29.2 Å². The fraction of sp³-hybridized carbons (Fsp3) is 0.500. The molecule has 8 heteroatoms. The monoisotopic (exact) mass is 328 g/mol. The maximum atomic E-state index is 12.4. The molecular formula is C14H20N2O5S. The van der Waals surface area contributed by atoms with E-state index in [0.29, 0.717) is 6.42 Å². The molecule has 0 spiro atoms. The van der Waals surface area contributed by atoms with Gasteiger partial charge in [-0.25, -0.2) is 17.9 Å². The molecule has 2 N–H and O–H groups in total. The van der Waals surface area contributed by atoms with Gasteiger partial charge in [-0.15, -0.1) is 0 Å². The largest absolute Gasteiger partial charge is 0.463 e. The predicted molar refractivity (Wildman–Crippen MR) is 80.2 cm³/mol. The fourth-order valence-corrected chi connectivity index (χ4v) is 3.46. The SMILES string of the molecule is CCc1oc(C(=O)OC)cc1S(=O)(=O)NCC1=CCNCC1. The number of rotatable bonds is 6. The predicted octanol–water partition coefficient (Wildman–Crippen LogP) is 0.827. The van der Waals surface area contributed by atoms with Crippen molar-refractivity contribution >= 4 is 16.0 Å². The minimum absolute atomic E-state index is 0.00932. The number of carbonyl (C=O) groups excluding carboxylic acids is 1. The van der Waals surface area contributed by atoms with Crippen molar-refractivity contribution in [2.45, 2.75) is 24.7 Å². The molecule has 0 bridgehead atoms. The number of aryl methyl sites for hydroxylation is 1. The van der Waals surface area contributed by atoms with Gasteiger partial charge in [0, 0.05) is 25.6 Å². The van der Waals surface area contributed by atoms with E-state index < -0.39 is 16.0 Å². The molecule has 7 nitrogen and oxygen atoms in total. The molecule has 2 heterocycles. The maximum Gasteiger partial charge on any atom is 0.373 e. The molecule has 1 aromatic heterocycles.